The fourth-order valence-corrected chi connectivity index (χ4v) is 5.30. The second-order valence-electron chi connectivity index (χ2n) is 10.4. The van der Waals surface area contributed by atoms with Crippen molar-refractivity contribution in [2.45, 2.75) is 57.0 Å². The van der Waals surface area contributed by atoms with Gasteiger partial charge in [-0.25, -0.2) is 19.0 Å². The molecule has 35 heavy (non-hydrogen) atoms. The van der Waals surface area contributed by atoms with Crippen LogP contribution in [0.3, 0.4) is 0 Å². The molecule has 2 atom stereocenters. The third kappa shape index (κ3) is 4.97. The van der Waals surface area contributed by atoms with Gasteiger partial charge in [0.05, 0.1) is 48.3 Å². The summed E-state index contributed by atoms with van der Waals surface area (Å²) in [4.78, 5) is 11.2. The maximum atomic E-state index is 15.4. The molecular formula is C24H29Cl2FN6O2. The van der Waals surface area contributed by atoms with E-state index in [1.54, 1.807) is 32.3 Å². The topological polar surface area (TPSA) is 88.3 Å². The molecule has 3 aromatic rings. The zero-order valence-corrected chi connectivity index (χ0v) is 21.4. The first-order chi connectivity index (χ1) is 16.5. The number of hydrogen-bond donors (Lipinski definition) is 2. The number of rotatable bonds is 6. The molecule has 4 heterocycles. The van der Waals surface area contributed by atoms with Crippen LogP contribution in [0.1, 0.15) is 38.7 Å². The van der Waals surface area contributed by atoms with Crippen LogP contribution in [0.25, 0.3) is 10.9 Å². The first-order valence-electron chi connectivity index (χ1n) is 11.7. The van der Waals surface area contributed by atoms with E-state index in [-0.39, 0.29) is 18.0 Å². The summed E-state index contributed by atoms with van der Waals surface area (Å²) < 4.78 is 22.2. The lowest BCUT2D eigenvalue weighted by Crippen LogP contribution is -2.63. The Morgan fingerprint density at radius 3 is 2.71 bits per heavy atom. The van der Waals surface area contributed by atoms with E-state index < -0.39 is 11.8 Å². The van der Waals surface area contributed by atoms with Crippen LogP contribution in [0.4, 0.5) is 16.0 Å². The highest BCUT2D eigenvalue weighted by molar-refractivity contribution is 6.32. The Labute approximate surface area is 213 Å². The summed E-state index contributed by atoms with van der Waals surface area (Å²) in [5.74, 6) is 0.0358. The molecule has 5 rings (SSSR count). The van der Waals surface area contributed by atoms with Crippen molar-refractivity contribution in [3.63, 3.8) is 0 Å². The van der Waals surface area contributed by atoms with E-state index in [0.29, 0.717) is 53.5 Å². The highest BCUT2D eigenvalue weighted by atomic mass is 35.5. The van der Waals surface area contributed by atoms with Crippen LogP contribution in [0.5, 0.6) is 0 Å². The molecule has 2 aromatic heterocycles. The largest absolute Gasteiger partial charge is 0.389 e. The number of benzene rings is 1. The van der Waals surface area contributed by atoms with Crippen LogP contribution < -0.4 is 5.32 Å². The lowest BCUT2D eigenvalue weighted by Gasteiger charge is -2.50. The maximum absolute atomic E-state index is 15.4. The van der Waals surface area contributed by atoms with E-state index in [0.717, 1.165) is 17.5 Å². The van der Waals surface area contributed by atoms with Crippen molar-refractivity contribution in [3.8, 4) is 0 Å². The molecule has 0 aliphatic carbocycles. The molecule has 0 radical (unpaired) electrons. The van der Waals surface area contributed by atoms with E-state index in [1.807, 2.05) is 6.07 Å². The zero-order valence-electron chi connectivity index (χ0n) is 19.9. The number of nitrogens with zero attached hydrogens (tertiary/aromatic N) is 5. The van der Waals surface area contributed by atoms with Crippen molar-refractivity contribution in [2.24, 2.45) is 0 Å². The van der Waals surface area contributed by atoms with E-state index in [1.165, 1.54) is 4.68 Å². The number of piperidine rings is 1. The number of fused-ring (bicyclic) bond motifs is 1. The van der Waals surface area contributed by atoms with Gasteiger partial charge in [0.1, 0.15) is 6.17 Å². The fourth-order valence-electron chi connectivity index (χ4n) is 4.79. The van der Waals surface area contributed by atoms with Gasteiger partial charge in [0.2, 0.25) is 5.95 Å². The molecule has 2 fully saturated rings. The Morgan fingerprint density at radius 2 is 2.06 bits per heavy atom. The number of nitrogens with one attached hydrogen (secondary N) is 1. The van der Waals surface area contributed by atoms with Crippen molar-refractivity contribution < 1.29 is 14.2 Å². The minimum absolute atomic E-state index is 0.0711. The Bertz CT molecular complexity index is 1240. The van der Waals surface area contributed by atoms with Gasteiger partial charge in [-0.1, -0.05) is 23.2 Å². The number of aromatic nitrogens is 4. The van der Waals surface area contributed by atoms with Crippen molar-refractivity contribution >= 4 is 45.7 Å². The number of likely N-dealkylation sites (tertiary alicyclic amines) is 1. The minimum Gasteiger partial charge on any atom is -0.389 e. The third-order valence-corrected chi connectivity index (χ3v) is 7.51. The summed E-state index contributed by atoms with van der Waals surface area (Å²) >= 11 is 13.0. The average molecular weight is 523 g/mol. The summed E-state index contributed by atoms with van der Waals surface area (Å²) in [6, 6.07) is 3.66. The Morgan fingerprint density at radius 1 is 1.29 bits per heavy atom. The van der Waals surface area contributed by atoms with E-state index >= 15 is 4.39 Å². The second-order valence-corrected chi connectivity index (χ2v) is 11.2. The Kier molecular flexibility index (Phi) is 6.42. The molecular weight excluding hydrogens is 494 g/mol. The second kappa shape index (κ2) is 9.12. The van der Waals surface area contributed by atoms with Crippen LogP contribution in [-0.4, -0.2) is 73.4 Å². The van der Waals surface area contributed by atoms with Gasteiger partial charge in [0, 0.05) is 29.1 Å². The van der Waals surface area contributed by atoms with Crippen molar-refractivity contribution in [1.29, 1.82) is 0 Å². The third-order valence-electron chi connectivity index (χ3n) is 6.79. The molecule has 1 aromatic carbocycles. The molecule has 8 nitrogen and oxygen atoms in total. The van der Waals surface area contributed by atoms with Crippen molar-refractivity contribution in [2.75, 3.05) is 31.6 Å². The van der Waals surface area contributed by atoms with E-state index in [9.17, 15) is 5.11 Å². The lowest BCUT2D eigenvalue weighted by molar-refractivity contribution is -0.143. The Balaban J connectivity index is 1.37. The smallest absolute Gasteiger partial charge is 0.227 e. The van der Waals surface area contributed by atoms with Gasteiger partial charge in [-0.15, -0.1) is 0 Å². The van der Waals surface area contributed by atoms with Gasteiger partial charge >= 0.3 is 0 Å². The molecule has 2 aliphatic rings. The molecule has 2 saturated heterocycles. The number of ether oxygens (including phenoxy) is 1. The minimum atomic E-state index is -1.03. The SMILES string of the molecule is CC(C)(O)Cn1ncc(Nc2ncc3cc(Cl)c([C@H]4CCN(C5(C)COC5)C[C@@H]4F)cc3n2)c1Cl. The van der Waals surface area contributed by atoms with Gasteiger partial charge < -0.3 is 15.2 Å². The van der Waals surface area contributed by atoms with Gasteiger partial charge in [0.25, 0.3) is 0 Å². The van der Waals surface area contributed by atoms with Gasteiger partial charge in [-0.2, -0.15) is 5.10 Å². The number of alkyl halides is 1. The molecule has 188 valence electrons. The van der Waals surface area contributed by atoms with Crippen LogP contribution in [0.2, 0.25) is 10.2 Å². The van der Waals surface area contributed by atoms with Gasteiger partial charge in [0.15, 0.2) is 5.15 Å². The van der Waals surface area contributed by atoms with Gasteiger partial charge in [-0.05, 0) is 51.4 Å². The standard InChI is InChI=1S/C24H29Cl2FN6O2/c1-23(2,34)11-33-21(26)20(9-29-33)31-22-28-8-14-6-17(25)16(7-19(14)30-22)15-4-5-32(10-18(15)27)24(3)12-35-13-24/h6-9,15,18,34H,4-5,10-13H2,1-3H3,(H,28,30,31)/t15-,18+/m1/s1. The first-order valence-corrected chi connectivity index (χ1v) is 12.4. The highest BCUT2D eigenvalue weighted by Gasteiger charge is 2.44. The number of hydrogen-bond acceptors (Lipinski definition) is 7. The molecule has 0 amide bonds. The number of halogens is 3. The molecule has 0 saturated carbocycles. The predicted octanol–water partition coefficient (Wildman–Crippen LogP) is 4.56. The molecule has 11 heteroatoms. The number of aliphatic hydroxyl groups is 1. The lowest BCUT2D eigenvalue weighted by atomic mass is 9.84. The monoisotopic (exact) mass is 522 g/mol. The van der Waals surface area contributed by atoms with Crippen LogP contribution in [0, 0.1) is 0 Å². The van der Waals surface area contributed by atoms with Crippen LogP contribution >= 0.6 is 23.2 Å². The number of anilines is 2. The van der Waals surface area contributed by atoms with Crippen molar-refractivity contribution in [1.82, 2.24) is 24.6 Å². The maximum Gasteiger partial charge on any atom is 0.227 e. The zero-order chi connectivity index (χ0) is 25.0. The quantitative estimate of drug-likeness (QED) is 0.490. The summed E-state index contributed by atoms with van der Waals surface area (Å²) in [5, 5.41) is 19.0. The van der Waals surface area contributed by atoms with Crippen LogP contribution in [0.15, 0.2) is 24.5 Å². The van der Waals surface area contributed by atoms with E-state index in [4.69, 9.17) is 27.9 Å². The molecule has 0 bridgehead atoms. The predicted molar refractivity (Wildman–Crippen MR) is 134 cm³/mol. The van der Waals surface area contributed by atoms with Gasteiger partial charge in [-0.3, -0.25) is 4.90 Å². The molecule has 0 unspecified atom stereocenters. The van der Waals surface area contributed by atoms with Crippen molar-refractivity contribution in [3.05, 3.63) is 40.3 Å². The summed E-state index contributed by atoms with van der Waals surface area (Å²) in [6.07, 6.45) is 2.87. The Hall–Kier alpha value is -2.04. The first kappa shape index (κ1) is 24.6. The van der Waals surface area contributed by atoms with Crippen LogP contribution in [-0.2, 0) is 11.3 Å². The molecule has 2 N–H and O–H groups in total. The van der Waals surface area contributed by atoms with E-state index in [2.05, 4.69) is 32.2 Å². The molecule has 0 spiro atoms. The summed E-state index contributed by atoms with van der Waals surface area (Å²) in [6.45, 7) is 8.18. The summed E-state index contributed by atoms with van der Waals surface area (Å²) in [7, 11) is 0. The fraction of sp³-hybridized carbons (Fsp3) is 0.542. The average Bonchev–Trinajstić information content (AvgIpc) is 3.09. The molecule has 2 aliphatic heterocycles. The normalized spacial score (nSPS) is 22.8. The summed E-state index contributed by atoms with van der Waals surface area (Å²) in [5.41, 5.74) is 0.917. The highest BCUT2D eigenvalue weighted by Crippen LogP contribution is 2.39.